The molecule has 0 fully saturated rings. The molecule has 0 aliphatic rings. The number of amides is 1. The molecule has 0 saturated heterocycles. The molecule has 0 unspecified atom stereocenters. The molecule has 0 aliphatic carbocycles. The highest BCUT2D eigenvalue weighted by Crippen LogP contribution is 2.31. The molecule has 1 heterocycles. The van der Waals surface area contributed by atoms with Crippen LogP contribution in [0.1, 0.15) is 24.2 Å². The van der Waals surface area contributed by atoms with Crippen molar-refractivity contribution in [1.82, 2.24) is 15.4 Å². The second-order valence-corrected chi connectivity index (χ2v) is 5.35. The van der Waals surface area contributed by atoms with Crippen LogP contribution in [0.3, 0.4) is 0 Å². The molecule has 0 saturated carbocycles. The first-order valence-electron chi connectivity index (χ1n) is 7.54. The monoisotopic (exact) mass is 364 g/mol. The first kappa shape index (κ1) is 18.4. The number of carbonyl (C=O) groups is 1. The summed E-state index contributed by atoms with van der Waals surface area (Å²) in [7, 11) is 0. The molecule has 0 spiro atoms. The van der Waals surface area contributed by atoms with Gasteiger partial charge < -0.3 is 4.90 Å². The van der Waals surface area contributed by atoms with Crippen LogP contribution < -0.4 is 15.8 Å². The number of benzene rings is 1. The average Bonchev–Trinajstić information content (AvgIpc) is 2.60. The van der Waals surface area contributed by atoms with Crippen LogP contribution in [0.15, 0.2) is 30.6 Å². The van der Waals surface area contributed by atoms with Gasteiger partial charge >= 0.3 is 5.69 Å². The predicted octanol–water partition coefficient (Wildman–Crippen LogP) is 2.64. The molecule has 9 nitrogen and oxygen atoms in total. The highest BCUT2D eigenvalue weighted by Gasteiger charge is 2.26. The van der Waals surface area contributed by atoms with E-state index in [-0.39, 0.29) is 17.3 Å². The maximum atomic E-state index is 12.1. The van der Waals surface area contributed by atoms with Crippen molar-refractivity contribution in [2.75, 3.05) is 23.4 Å². The number of rotatable bonds is 7. The van der Waals surface area contributed by atoms with Gasteiger partial charge in [-0.2, -0.15) is 0 Å². The van der Waals surface area contributed by atoms with Gasteiger partial charge in [-0.15, -0.1) is 0 Å². The Morgan fingerprint density at radius 1 is 1.32 bits per heavy atom. The lowest BCUT2D eigenvalue weighted by atomic mass is 10.2. The van der Waals surface area contributed by atoms with Gasteiger partial charge in [0.15, 0.2) is 0 Å². The van der Waals surface area contributed by atoms with Crippen molar-refractivity contribution < 1.29 is 9.72 Å². The van der Waals surface area contributed by atoms with Crippen LogP contribution >= 0.6 is 11.6 Å². The van der Waals surface area contributed by atoms with E-state index < -0.39 is 10.8 Å². The minimum absolute atomic E-state index is 0.0997. The maximum Gasteiger partial charge on any atom is 0.355 e. The summed E-state index contributed by atoms with van der Waals surface area (Å²) in [4.78, 5) is 32.6. The van der Waals surface area contributed by atoms with Gasteiger partial charge in [0.25, 0.3) is 5.91 Å². The lowest BCUT2D eigenvalue weighted by Crippen LogP contribution is -2.31. The third kappa shape index (κ3) is 4.32. The summed E-state index contributed by atoms with van der Waals surface area (Å²) < 4.78 is 0. The molecule has 2 aromatic rings. The molecule has 0 bridgehead atoms. The third-order valence-electron chi connectivity index (χ3n) is 3.43. The first-order valence-corrected chi connectivity index (χ1v) is 7.92. The predicted molar refractivity (Wildman–Crippen MR) is 94.8 cm³/mol. The number of carbonyl (C=O) groups excluding carboxylic acids is 1. The first-order chi connectivity index (χ1) is 12.0. The maximum absolute atomic E-state index is 12.1. The van der Waals surface area contributed by atoms with Crippen molar-refractivity contribution >= 4 is 34.8 Å². The van der Waals surface area contributed by atoms with Crippen molar-refractivity contribution in [2.24, 2.45) is 0 Å². The van der Waals surface area contributed by atoms with Gasteiger partial charge in [0.2, 0.25) is 11.6 Å². The molecule has 2 N–H and O–H groups in total. The largest absolute Gasteiger partial charge is 0.355 e. The number of hydrogen-bond donors (Lipinski definition) is 2. The second kappa shape index (κ2) is 8.25. The van der Waals surface area contributed by atoms with Crippen LogP contribution in [-0.2, 0) is 0 Å². The topological polar surface area (TPSA) is 113 Å². The van der Waals surface area contributed by atoms with Gasteiger partial charge in [0.1, 0.15) is 6.33 Å². The number of aromatic nitrogens is 2. The van der Waals surface area contributed by atoms with E-state index in [9.17, 15) is 14.9 Å². The fraction of sp³-hybridized carbons (Fsp3) is 0.267. The van der Waals surface area contributed by atoms with Gasteiger partial charge in [-0.05, 0) is 32.0 Å². The molecular weight excluding hydrogens is 348 g/mol. The Morgan fingerprint density at radius 3 is 2.64 bits per heavy atom. The van der Waals surface area contributed by atoms with Gasteiger partial charge in [-0.3, -0.25) is 25.8 Å². The number of halogens is 1. The number of nitrogens with one attached hydrogen (secondary N) is 2. The van der Waals surface area contributed by atoms with Crippen LogP contribution in [0, 0.1) is 10.1 Å². The summed E-state index contributed by atoms with van der Waals surface area (Å²) in [5.41, 5.74) is 4.87. The molecule has 1 amide bonds. The van der Waals surface area contributed by atoms with Crippen LogP contribution in [0.2, 0.25) is 5.02 Å². The highest BCUT2D eigenvalue weighted by atomic mass is 35.5. The Hall–Kier alpha value is -2.94. The number of hydrogen-bond acceptors (Lipinski definition) is 7. The molecule has 132 valence electrons. The molecule has 0 aliphatic heterocycles. The van der Waals surface area contributed by atoms with E-state index in [1.807, 2.05) is 13.8 Å². The zero-order valence-corrected chi connectivity index (χ0v) is 14.4. The van der Waals surface area contributed by atoms with Gasteiger partial charge in [0, 0.05) is 23.7 Å². The molecule has 0 radical (unpaired) electrons. The lowest BCUT2D eigenvalue weighted by Gasteiger charge is -2.20. The molecule has 1 aromatic carbocycles. The van der Waals surface area contributed by atoms with Gasteiger partial charge in [-0.1, -0.05) is 17.7 Å². The van der Waals surface area contributed by atoms with Crippen molar-refractivity contribution in [2.45, 2.75) is 13.8 Å². The summed E-state index contributed by atoms with van der Waals surface area (Å²) in [5.74, 6) is -0.415. The average molecular weight is 365 g/mol. The second-order valence-electron chi connectivity index (χ2n) is 4.91. The Bertz CT molecular complexity index is 782. The zero-order valence-electron chi connectivity index (χ0n) is 13.7. The van der Waals surface area contributed by atoms with E-state index in [0.29, 0.717) is 23.7 Å². The van der Waals surface area contributed by atoms with E-state index in [2.05, 4.69) is 20.8 Å². The van der Waals surface area contributed by atoms with Crippen molar-refractivity contribution in [3.63, 3.8) is 0 Å². The summed E-state index contributed by atoms with van der Waals surface area (Å²) in [6.07, 6.45) is 1.20. The summed E-state index contributed by atoms with van der Waals surface area (Å²) in [5, 5.41) is 11.9. The lowest BCUT2D eigenvalue weighted by molar-refractivity contribution is -0.383. The Labute approximate surface area is 149 Å². The van der Waals surface area contributed by atoms with E-state index in [4.69, 9.17) is 11.6 Å². The SMILES string of the molecule is CCN(CC)c1ncnc(NNC(=O)c2cccc(Cl)c2)c1[N+](=O)[O-]. The summed E-state index contributed by atoms with van der Waals surface area (Å²) >= 11 is 5.84. The number of nitrogens with zero attached hydrogens (tertiary/aromatic N) is 4. The fourth-order valence-electron chi connectivity index (χ4n) is 2.20. The Kier molecular flexibility index (Phi) is 6.07. The number of anilines is 2. The quantitative estimate of drug-likeness (QED) is 0.573. The third-order valence-corrected chi connectivity index (χ3v) is 3.66. The number of nitro groups is 1. The van der Waals surface area contributed by atoms with Crippen molar-refractivity contribution in [3.05, 3.63) is 51.3 Å². The summed E-state index contributed by atoms with van der Waals surface area (Å²) in [6, 6.07) is 6.31. The van der Waals surface area contributed by atoms with Crippen LogP contribution in [0.25, 0.3) is 0 Å². The van der Waals surface area contributed by atoms with Gasteiger partial charge in [0.05, 0.1) is 4.92 Å². The van der Waals surface area contributed by atoms with Crippen LogP contribution in [-0.4, -0.2) is 33.9 Å². The van der Waals surface area contributed by atoms with E-state index in [0.717, 1.165) is 0 Å². The molecule has 25 heavy (non-hydrogen) atoms. The Morgan fingerprint density at radius 2 is 2.04 bits per heavy atom. The van der Waals surface area contributed by atoms with E-state index in [1.165, 1.54) is 12.4 Å². The Balaban J connectivity index is 2.26. The molecule has 10 heteroatoms. The van der Waals surface area contributed by atoms with Crippen molar-refractivity contribution in [3.8, 4) is 0 Å². The molecule has 1 aromatic heterocycles. The zero-order chi connectivity index (χ0) is 18.4. The molecule has 2 rings (SSSR count). The number of hydrazine groups is 1. The van der Waals surface area contributed by atoms with E-state index >= 15 is 0 Å². The van der Waals surface area contributed by atoms with Crippen LogP contribution in [0.5, 0.6) is 0 Å². The smallest absolute Gasteiger partial charge is 0.351 e. The minimum atomic E-state index is -0.582. The normalized spacial score (nSPS) is 10.2. The molecule has 0 atom stereocenters. The summed E-state index contributed by atoms with van der Waals surface area (Å²) in [6.45, 7) is 4.82. The van der Waals surface area contributed by atoms with Crippen LogP contribution in [0.4, 0.5) is 17.3 Å². The molecular formula is C15H17ClN6O3. The highest BCUT2D eigenvalue weighted by molar-refractivity contribution is 6.30. The van der Waals surface area contributed by atoms with Crippen molar-refractivity contribution in [1.29, 1.82) is 0 Å². The van der Waals surface area contributed by atoms with Gasteiger partial charge in [-0.25, -0.2) is 9.97 Å². The standard InChI is InChI=1S/C15H17ClN6O3/c1-3-21(4-2)14-12(22(24)25)13(17-9-18-14)19-20-15(23)10-6-5-7-11(16)8-10/h5-9H,3-4H2,1-2H3,(H,20,23)(H,17,18,19). The van der Waals surface area contributed by atoms with E-state index in [1.54, 1.807) is 23.1 Å². The minimum Gasteiger partial charge on any atom is -0.351 e. The fourth-order valence-corrected chi connectivity index (χ4v) is 2.39.